The van der Waals surface area contributed by atoms with Crippen molar-refractivity contribution in [3.8, 4) is 22.8 Å². The first-order valence-corrected chi connectivity index (χ1v) is 11.5. The molecule has 4 rings (SSSR count). The van der Waals surface area contributed by atoms with Crippen LogP contribution in [0.4, 0.5) is 0 Å². The Bertz CT molecular complexity index is 1350. The van der Waals surface area contributed by atoms with E-state index < -0.39 is 5.97 Å². The molecule has 0 aliphatic carbocycles. The fourth-order valence-corrected chi connectivity index (χ4v) is 3.99. The van der Waals surface area contributed by atoms with E-state index in [9.17, 15) is 14.7 Å². The molecule has 1 amide bonds. The number of carbonyl (C=O) groups excluding carboxylic acids is 1. The molecule has 0 saturated carbocycles. The van der Waals surface area contributed by atoms with Crippen LogP contribution < -0.4 is 10.2 Å². The number of thioether (sulfide) groups is 1. The van der Waals surface area contributed by atoms with Gasteiger partial charge in [0.15, 0.2) is 11.0 Å². The molecule has 0 radical (unpaired) electrons. The number of amides is 1. The summed E-state index contributed by atoms with van der Waals surface area (Å²) in [7, 11) is 1.61. The summed E-state index contributed by atoms with van der Waals surface area (Å²) < 4.78 is 7.12. The third-order valence-electron chi connectivity index (χ3n) is 4.91. The van der Waals surface area contributed by atoms with Crippen molar-refractivity contribution < 1.29 is 19.4 Å². The Morgan fingerprint density at radius 3 is 2.46 bits per heavy atom. The Hall–Kier alpha value is -4.44. The van der Waals surface area contributed by atoms with Gasteiger partial charge in [-0.2, -0.15) is 5.10 Å². The first kappa shape index (κ1) is 23.7. The topological polar surface area (TPSA) is 119 Å². The normalized spacial score (nSPS) is 10.9. The molecule has 0 aliphatic rings. The molecule has 35 heavy (non-hydrogen) atoms. The largest absolute Gasteiger partial charge is 0.497 e. The molecule has 0 atom stereocenters. The molecule has 0 bridgehead atoms. The van der Waals surface area contributed by atoms with Crippen molar-refractivity contribution in [1.29, 1.82) is 0 Å². The van der Waals surface area contributed by atoms with Gasteiger partial charge in [0.25, 0.3) is 5.91 Å². The zero-order valence-corrected chi connectivity index (χ0v) is 19.5. The number of aromatic nitrogens is 3. The molecule has 1 aromatic heterocycles. The molecule has 0 aliphatic heterocycles. The number of hydrogen-bond acceptors (Lipinski definition) is 7. The van der Waals surface area contributed by atoms with Gasteiger partial charge in [0.1, 0.15) is 5.75 Å². The number of hydrazone groups is 1. The van der Waals surface area contributed by atoms with Crippen LogP contribution in [0.5, 0.6) is 5.75 Å². The average molecular weight is 488 g/mol. The zero-order chi connectivity index (χ0) is 24.6. The Kier molecular flexibility index (Phi) is 7.53. The molecule has 0 spiro atoms. The number of carboxylic acid groups (broad SMARTS) is 1. The third-order valence-corrected chi connectivity index (χ3v) is 5.84. The molecule has 176 valence electrons. The van der Waals surface area contributed by atoms with Crippen LogP contribution in [0, 0.1) is 0 Å². The second-order valence-corrected chi connectivity index (χ2v) is 8.12. The molecule has 0 saturated heterocycles. The number of nitrogens with one attached hydrogen (secondary N) is 1. The van der Waals surface area contributed by atoms with Gasteiger partial charge in [0, 0.05) is 16.8 Å². The minimum absolute atomic E-state index is 0.0332. The molecule has 2 N–H and O–H groups in total. The summed E-state index contributed by atoms with van der Waals surface area (Å²) in [5.41, 5.74) is 4.62. The van der Waals surface area contributed by atoms with Crippen molar-refractivity contribution in [2.45, 2.75) is 5.16 Å². The Morgan fingerprint density at radius 1 is 1.03 bits per heavy atom. The predicted octanol–water partition coefficient (Wildman–Crippen LogP) is 3.88. The van der Waals surface area contributed by atoms with E-state index in [2.05, 4.69) is 20.7 Å². The molecule has 0 fully saturated rings. The summed E-state index contributed by atoms with van der Waals surface area (Å²) >= 11 is 1.21. The molecule has 3 aromatic carbocycles. The molecule has 0 unspecified atom stereocenters. The predicted molar refractivity (Wildman–Crippen MR) is 133 cm³/mol. The summed E-state index contributed by atoms with van der Waals surface area (Å²) in [4.78, 5) is 23.7. The Balaban J connectivity index is 1.50. The molecular weight excluding hydrogens is 466 g/mol. The van der Waals surface area contributed by atoms with E-state index in [-0.39, 0.29) is 17.2 Å². The van der Waals surface area contributed by atoms with Crippen molar-refractivity contribution >= 4 is 29.9 Å². The van der Waals surface area contributed by atoms with Gasteiger partial charge in [-0.25, -0.2) is 10.2 Å². The summed E-state index contributed by atoms with van der Waals surface area (Å²) in [5.74, 6) is -0.0391. The quantitative estimate of drug-likeness (QED) is 0.209. The van der Waals surface area contributed by atoms with Gasteiger partial charge >= 0.3 is 5.97 Å². The van der Waals surface area contributed by atoms with Crippen LogP contribution in [0.1, 0.15) is 15.9 Å². The number of aromatic carboxylic acids is 1. The summed E-state index contributed by atoms with van der Waals surface area (Å²) in [6, 6.07) is 23.5. The van der Waals surface area contributed by atoms with Crippen LogP contribution in [0.2, 0.25) is 0 Å². The van der Waals surface area contributed by atoms with Gasteiger partial charge in [0.05, 0.1) is 24.6 Å². The lowest BCUT2D eigenvalue weighted by Gasteiger charge is -2.10. The van der Waals surface area contributed by atoms with E-state index >= 15 is 0 Å². The number of carboxylic acids is 1. The summed E-state index contributed by atoms with van der Waals surface area (Å²) in [5, 5.41) is 22.3. The van der Waals surface area contributed by atoms with Crippen molar-refractivity contribution in [2.75, 3.05) is 12.9 Å². The van der Waals surface area contributed by atoms with Gasteiger partial charge in [0.2, 0.25) is 0 Å². The minimum atomic E-state index is -1.07. The number of benzene rings is 3. The van der Waals surface area contributed by atoms with Gasteiger partial charge in [-0.05, 0) is 42.5 Å². The SMILES string of the molecule is COc1ccc(-c2nnc(SCC(=O)NN=Cc3ccccc3C(=O)O)n2-c2ccccc2)cc1. The van der Waals surface area contributed by atoms with Crippen LogP contribution in [0.25, 0.3) is 17.1 Å². The lowest BCUT2D eigenvalue weighted by molar-refractivity contribution is -0.118. The first-order chi connectivity index (χ1) is 17.1. The highest BCUT2D eigenvalue weighted by Crippen LogP contribution is 2.28. The van der Waals surface area contributed by atoms with Gasteiger partial charge in [-0.1, -0.05) is 48.2 Å². The standard InChI is InChI=1S/C25H21N5O4S/c1-34-20-13-11-17(12-14-20)23-28-29-25(30(23)19-8-3-2-4-9-19)35-16-22(31)27-26-15-18-7-5-6-10-21(18)24(32)33/h2-15H,16H2,1H3,(H,27,31)(H,32,33). The fraction of sp³-hybridized carbons (Fsp3) is 0.0800. The summed E-state index contributed by atoms with van der Waals surface area (Å²) in [6.45, 7) is 0. The number of methoxy groups -OCH3 is 1. The lowest BCUT2D eigenvalue weighted by atomic mass is 10.1. The number of carbonyl (C=O) groups is 2. The van der Waals surface area contributed by atoms with Crippen LogP contribution in [-0.2, 0) is 4.79 Å². The maximum atomic E-state index is 12.4. The van der Waals surface area contributed by atoms with Crippen LogP contribution in [0.3, 0.4) is 0 Å². The Labute approximate surface area is 205 Å². The highest BCUT2D eigenvalue weighted by Gasteiger charge is 2.17. The zero-order valence-electron chi connectivity index (χ0n) is 18.7. The Morgan fingerprint density at radius 2 is 1.74 bits per heavy atom. The molecule has 4 aromatic rings. The smallest absolute Gasteiger partial charge is 0.336 e. The van der Waals surface area contributed by atoms with Crippen molar-refractivity contribution in [3.05, 3.63) is 90.0 Å². The molecular formula is C25H21N5O4S. The van der Waals surface area contributed by atoms with Crippen LogP contribution in [-0.4, -0.2) is 50.8 Å². The van der Waals surface area contributed by atoms with E-state index in [1.54, 1.807) is 25.3 Å². The van der Waals surface area contributed by atoms with Crippen molar-refractivity contribution in [1.82, 2.24) is 20.2 Å². The highest BCUT2D eigenvalue weighted by molar-refractivity contribution is 7.99. The molecule has 1 heterocycles. The van der Waals surface area contributed by atoms with E-state index in [0.29, 0.717) is 16.5 Å². The minimum Gasteiger partial charge on any atom is -0.497 e. The fourth-order valence-electron chi connectivity index (χ4n) is 3.24. The van der Waals surface area contributed by atoms with E-state index in [1.807, 2.05) is 59.2 Å². The second kappa shape index (κ2) is 11.1. The number of nitrogens with zero attached hydrogens (tertiary/aromatic N) is 4. The van der Waals surface area contributed by atoms with Gasteiger partial charge in [-0.3, -0.25) is 9.36 Å². The maximum Gasteiger partial charge on any atom is 0.336 e. The molecule has 9 nitrogen and oxygen atoms in total. The monoisotopic (exact) mass is 487 g/mol. The maximum absolute atomic E-state index is 12.4. The van der Waals surface area contributed by atoms with Crippen molar-refractivity contribution in [2.24, 2.45) is 5.10 Å². The van der Waals surface area contributed by atoms with Crippen LogP contribution >= 0.6 is 11.8 Å². The van der Waals surface area contributed by atoms with E-state index in [1.165, 1.54) is 24.0 Å². The first-order valence-electron chi connectivity index (χ1n) is 10.5. The van der Waals surface area contributed by atoms with Gasteiger partial charge < -0.3 is 9.84 Å². The highest BCUT2D eigenvalue weighted by atomic mass is 32.2. The summed E-state index contributed by atoms with van der Waals surface area (Å²) in [6.07, 6.45) is 1.31. The van der Waals surface area contributed by atoms with Crippen molar-refractivity contribution in [3.63, 3.8) is 0 Å². The third kappa shape index (κ3) is 5.74. The van der Waals surface area contributed by atoms with E-state index in [0.717, 1.165) is 17.0 Å². The number of ether oxygens (including phenoxy) is 1. The average Bonchev–Trinajstić information content (AvgIpc) is 3.32. The number of hydrogen-bond donors (Lipinski definition) is 2. The lowest BCUT2D eigenvalue weighted by Crippen LogP contribution is -2.20. The van der Waals surface area contributed by atoms with Crippen LogP contribution in [0.15, 0.2) is 89.1 Å². The van der Waals surface area contributed by atoms with E-state index in [4.69, 9.17) is 4.74 Å². The molecule has 10 heteroatoms. The number of para-hydroxylation sites is 1. The van der Waals surface area contributed by atoms with Gasteiger partial charge in [-0.15, -0.1) is 10.2 Å². The second-order valence-electron chi connectivity index (χ2n) is 7.18. The number of rotatable bonds is 9.